The summed E-state index contributed by atoms with van der Waals surface area (Å²) in [4.78, 5) is 23.4. The number of halogens is 1. The fourth-order valence-corrected chi connectivity index (χ4v) is 2.60. The number of aliphatic carboxylic acids is 1. The first kappa shape index (κ1) is 14.9. The molecule has 1 aromatic rings. The Balaban J connectivity index is 1.97. The van der Waals surface area contributed by atoms with Gasteiger partial charge in [-0.1, -0.05) is 30.7 Å². The molecule has 0 bridgehead atoms. The summed E-state index contributed by atoms with van der Waals surface area (Å²) in [6, 6.07) is 7.35. The Hall–Kier alpha value is -1.55. The number of nitrogens with one attached hydrogen (secondary N) is 1. The second-order valence-electron chi connectivity index (χ2n) is 5.47. The van der Waals surface area contributed by atoms with Gasteiger partial charge >= 0.3 is 5.97 Å². The van der Waals surface area contributed by atoms with E-state index in [2.05, 4.69) is 5.32 Å². The van der Waals surface area contributed by atoms with Crippen molar-refractivity contribution in [3.63, 3.8) is 0 Å². The third-order valence-corrected chi connectivity index (χ3v) is 4.09. The Morgan fingerprint density at radius 1 is 1.45 bits per heavy atom. The number of carbonyl (C=O) groups excluding carboxylic acids is 1. The van der Waals surface area contributed by atoms with E-state index in [0.29, 0.717) is 24.3 Å². The Morgan fingerprint density at radius 2 is 2.15 bits per heavy atom. The first-order chi connectivity index (χ1) is 9.43. The Labute approximate surface area is 123 Å². The van der Waals surface area contributed by atoms with Crippen LogP contribution in [-0.2, 0) is 16.0 Å². The number of rotatable bonds is 5. The van der Waals surface area contributed by atoms with E-state index in [4.69, 9.17) is 11.6 Å². The minimum atomic E-state index is -1.04. The lowest BCUT2D eigenvalue weighted by molar-refractivity contribution is -0.152. The van der Waals surface area contributed by atoms with Gasteiger partial charge in [-0.3, -0.25) is 4.79 Å². The summed E-state index contributed by atoms with van der Waals surface area (Å²) in [5, 5.41) is 12.5. The van der Waals surface area contributed by atoms with Gasteiger partial charge in [-0.2, -0.15) is 0 Å². The van der Waals surface area contributed by atoms with Crippen molar-refractivity contribution in [3.8, 4) is 0 Å². The number of hydrogen-bond donors (Lipinski definition) is 2. The zero-order valence-corrected chi connectivity index (χ0v) is 12.1. The summed E-state index contributed by atoms with van der Waals surface area (Å²) in [6.45, 7) is 1.80. The lowest BCUT2D eigenvalue weighted by atomic mass is 9.76. The maximum atomic E-state index is 12.1. The van der Waals surface area contributed by atoms with Crippen molar-refractivity contribution < 1.29 is 14.7 Å². The average molecular weight is 296 g/mol. The van der Waals surface area contributed by atoms with Gasteiger partial charge in [-0.05, 0) is 43.4 Å². The molecular weight excluding hydrogens is 278 g/mol. The summed E-state index contributed by atoms with van der Waals surface area (Å²) < 4.78 is 0. The molecule has 108 valence electrons. The number of carbonyl (C=O) groups is 2. The minimum Gasteiger partial charge on any atom is -0.480 e. The molecule has 0 aromatic heterocycles. The highest BCUT2D eigenvalue weighted by atomic mass is 35.5. The second kappa shape index (κ2) is 5.83. The molecule has 1 unspecified atom stereocenters. The van der Waals surface area contributed by atoms with E-state index in [1.165, 1.54) is 0 Å². The monoisotopic (exact) mass is 295 g/mol. The van der Waals surface area contributed by atoms with Crippen LogP contribution in [0.4, 0.5) is 0 Å². The van der Waals surface area contributed by atoms with Gasteiger partial charge < -0.3 is 10.4 Å². The number of hydrogen-bond acceptors (Lipinski definition) is 2. The molecule has 5 heteroatoms. The highest BCUT2D eigenvalue weighted by Crippen LogP contribution is 2.32. The van der Waals surface area contributed by atoms with Gasteiger partial charge in [0.2, 0.25) is 5.91 Å². The largest absolute Gasteiger partial charge is 0.480 e. The average Bonchev–Trinajstić information content (AvgIpc) is 2.32. The van der Waals surface area contributed by atoms with Crippen molar-refractivity contribution in [2.75, 3.05) is 0 Å². The topological polar surface area (TPSA) is 66.4 Å². The highest BCUT2D eigenvalue weighted by Gasteiger charge is 2.46. The fourth-order valence-electron chi connectivity index (χ4n) is 2.39. The molecule has 1 aliphatic rings. The van der Waals surface area contributed by atoms with Gasteiger partial charge in [0.05, 0.1) is 0 Å². The summed E-state index contributed by atoms with van der Waals surface area (Å²) >= 11 is 5.91. The molecule has 1 fully saturated rings. The SMILES string of the molecule is CC(Cc1cccc(Cl)c1)C(=O)NC1(C(=O)O)CCC1. The lowest BCUT2D eigenvalue weighted by Gasteiger charge is -2.38. The smallest absolute Gasteiger partial charge is 0.329 e. The van der Waals surface area contributed by atoms with E-state index in [9.17, 15) is 14.7 Å². The van der Waals surface area contributed by atoms with Crippen LogP contribution in [0.25, 0.3) is 0 Å². The Morgan fingerprint density at radius 3 is 2.65 bits per heavy atom. The van der Waals surface area contributed by atoms with Crippen molar-refractivity contribution >= 4 is 23.5 Å². The van der Waals surface area contributed by atoms with E-state index in [-0.39, 0.29) is 11.8 Å². The Bertz CT molecular complexity index is 526. The molecule has 1 saturated carbocycles. The Kier molecular flexibility index (Phi) is 4.33. The minimum absolute atomic E-state index is 0.216. The molecule has 0 heterocycles. The standard InChI is InChI=1S/C15H18ClNO3/c1-10(8-11-4-2-5-12(16)9-11)13(18)17-15(14(19)20)6-3-7-15/h2,4-5,9-10H,3,6-8H2,1H3,(H,17,18)(H,19,20). The highest BCUT2D eigenvalue weighted by molar-refractivity contribution is 6.30. The number of amides is 1. The molecule has 1 amide bonds. The molecule has 20 heavy (non-hydrogen) atoms. The molecule has 4 nitrogen and oxygen atoms in total. The molecular formula is C15H18ClNO3. The lowest BCUT2D eigenvalue weighted by Crippen LogP contribution is -2.60. The van der Waals surface area contributed by atoms with Gasteiger partial charge in [0.1, 0.15) is 5.54 Å². The third kappa shape index (κ3) is 3.12. The first-order valence-electron chi connectivity index (χ1n) is 6.73. The molecule has 2 N–H and O–H groups in total. The molecule has 0 saturated heterocycles. The molecule has 1 aromatic carbocycles. The van der Waals surface area contributed by atoms with Crippen LogP contribution in [-0.4, -0.2) is 22.5 Å². The van der Waals surface area contributed by atoms with E-state index in [1.54, 1.807) is 13.0 Å². The third-order valence-electron chi connectivity index (χ3n) is 3.86. The van der Waals surface area contributed by atoms with Crippen LogP contribution in [0.15, 0.2) is 24.3 Å². The van der Waals surface area contributed by atoms with Crippen molar-refractivity contribution in [2.24, 2.45) is 5.92 Å². The molecule has 1 atom stereocenters. The van der Waals surface area contributed by atoms with Crippen LogP contribution in [0, 0.1) is 5.92 Å². The van der Waals surface area contributed by atoms with Gasteiger partial charge in [0, 0.05) is 10.9 Å². The van der Waals surface area contributed by atoms with Crippen LogP contribution < -0.4 is 5.32 Å². The van der Waals surface area contributed by atoms with Crippen LogP contribution in [0.5, 0.6) is 0 Å². The first-order valence-corrected chi connectivity index (χ1v) is 7.11. The molecule has 2 rings (SSSR count). The van der Waals surface area contributed by atoms with Crippen LogP contribution >= 0.6 is 11.6 Å². The van der Waals surface area contributed by atoms with Gasteiger partial charge in [0.15, 0.2) is 0 Å². The van der Waals surface area contributed by atoms with E-state index in [0.717, 1.165) is 12.0 Å². The zero-order valence-electron chi connectivity index (χ0n) is 11.4. The summed E-state index contributed by atoms with van der Waals surface area (Å²) in [5.74, 6) is -1.44. The van der Waals surface area contributed by atoms with Crippen molar-refractivity contribution in [2.45, 2.75) is 38.1 Å². The molecule has 0 aliphatic heterocycles. The number of carboxylic acid groups (broad SMARTS) is 1. The van der Waals surface area contributed by atoms with Gasteiger partial charge in [-0.15, -0.1) is 0 Å². The summed E-state index contributed by atoms with van der Waals surface area (Å²) in [7, 11) is 0. The summed E-state index contributed by atoms with van der Waals surface area (Å²) in [6.07, 6.45) is 2.41. The van der Waals surface area contributed by atoms with Gasteiger partial charge in [-0.25, -0.2) is 4.79 Å². The van der Waals surface area contributed by atoms with Crippen molar-refractivity contribution in [1.82, 2.24) is 5.32 Å². The zero-order chi connectivity index (χ0) is 14.8. The fraction of sp³-hybridized carbons (Fsp3) is 0.467. The second-order valence-corrected chi connectivity index (χ2v) is 5.90. The van der Waals surface area contributed by atoms with E-state index < -0.39 is 11.5 Å². The van der Waals surface area contributed by atoms with Crippen molar-refractivity contribution in [3.05, 3.63) is 34.9 Å². The maximum Gasteiger partial charge on any atom is 0.329 e. The van der Waals surface area contributed by atoms with Crippen LogP contribution in [0.1, 0.15) is 31.7 Å². The predicted octanol–water partition coefficient (Wildman–Crippen LogP) is 2.64. The normalized spacial score (nSPS) is 17.9. The molecule has 1 aliphatic carbocycles. The molecule has 0 radical (unpaired) electrons. The molecule has 0 spiro atoms. The van der Waals surface area contributed by atoms with E-state index in [1.807, 2.05) is 18.2 Å². The van der Waals surface area contributed by atoms with Crippen LogP contribution in [0.2, 0.25) is 5.02 Å². The van der Waals surface area contributed by atoms with Gasteiger partial charge in [0.25, 0.3) is 0 Å². The number of benzene rings is 1. The van der Waals surface area contributed by atoms with Crippen LogP contribution in [0.3, 0.4) is 0 Å². The van der Waals surface area contributed by atoms with Crippen molar-refractivity contribution in [1.29, 1.82) is 0 Å². The maximum absolute atomic E-state index is 12.1. The van der Waals surface area contributed by atoms with E-state index >= 15 is 0 Å². The number of carboxylic acids is 1. The predicted molar refractivity (Wildman–Crippen MR) is 76.7 cm³/mol. The summed E-state index contributed by atoms with van der Waals surface area (Å²) in [5.41, 5.74) is -0.0715. The quantitative estimate of drug-likeness (QED) is 0.877.